The number of methoxy groups -OCH3 is 1. The number of ether oxygens (including phenoxy) is 1. The lowest BCUT2D eigenvalue weighted by molar-refractivity contribution is 0.407. The van der Waals surface area contributed by atoms with Gasteiger partial charge in [0, 0.05) is 11.5 Å². The van der Waals surface area contributed by atoms with E-state index in [1.807, 2.05) is 6.07 Å². The maximum atomic E-state index is 11.2. The zero-order valence-electron chi connectivity index (χ0n) is 8.52. The van der Waals surface area contributed by atoms with Gasteiger partial charge in [-0.05, 0) is 18.2 Å². The predicted molar refractivity (Wildman–Crippen MR) is 58.8 cm³/mol. The van der Waals surface area contributed by atoms with Crippen LogP contribution in [0.4, 0.5) is 0 Å². The van der Waals surface area contributed by atoms with Gasteiger partial charge in [0.1, 0.15) is 5.58 Å². The second-order valence-electron chi connectivity index (χ2n) is 3.42. The van der Waals surface area contributed by atoms with Crippen molar-refractivity contribution in [1.29, 1.82) is 0 Å². The molecule has 80 valence electrons. The molecule has 0 saturated carbocycles. The number of hydrogen-bond acceptors (Lipinski definition) is 4. The molecule has 0 unspecified atom stereocenters. The molecule has 2 aromatic heterocycles. The highest BCUT2D eigenvalue weighted by Crippen LogP contribution is 2.32. The summed E-state index contributed by atoms with van der Waals surface area (Å²) in [6, 6.07) is 6.66. The van der Waals surface area contributed by atoms with Crippen molar-refractivity contribution >= 4 is 21.9 Å². The fourth-order valence-electron chi connectivity index (χ4n) is 1.79. The molecular weight excluding hydrogens is 208 g/mol. The van der Waals surface area contributed by atoms with Crippen molar-refractivity contribution in [3.8, 4) is 5.75 Å². The van der Waals surface area contributed by atoms with Crippen LogP contribution in [0.5, 0.6) is 5.75 Å². The van der Waals surface area contributed by atoms with Crippen LogP contribution in [0.2, 0.25) is 0 Å². The molecule has 3 aromatic rings. The van der Waals surface area contributed by atoms with Crippen molar-refractivity contribution in [3.05, 3.63) is 40.9 Å². The van der Waals surface area contributed by atoms with Gasteiger partial charge in [0.2, 0.25) is 0 Å². The summed E-state index contributed by atoms with van der Waals surface area (Å²) in [7, 11) is 1.54. The first-order valence-electron chi connectivity index (χ1n) is 4.77. The van der Waals surface area contributed by atoms with Gasteiger partial charge in [-0.1, -0.05) is 0 Å². The van der Waals surface area contributed by atoms with E-state index in [1.165, 1.54) is 13.2 Å². The summed E-state index contributed by atoms with van der Waals surface area (Å²) in [6.45, 7) is 0. The molecule has 0 spiro atoms. The third kappa shape index (κ3) is 1.13. The van der Waals surface area contributed by atoms with E-state index in [9.17, 15) is 4.79 Å². The van der Waals surface area contributed by atoms with E-state index < -0.39 is 5.63 Å². The molecule has 0 radical (unpaired) electrons. The maximum Gasteiger partial charge on any atom is 0.336 e. The standard InChI is InChI=1S/C12H8O4/c1-14-9-6-7-4-5-15-11(7)8-2-3-10(13)16-12(8)9/h2-6H,1H3. The van der Waals surface area contributed by atoms with Gasteiger partial charge in [0.25, 0.3) is 0 Å². The van der Waals surface area contributed by atoms with Gasteiger partial charge in [-0.2, -0.15) is 0 Å². The summed E-state index contributed by atoms with van der Waals surface area (Å²) in [5.74, 6) is 0.529. The van der Waals surface area contributed by atoms with Gasteiger partial charge in [-0.3, -0.25) is 0 Å². The average Bonchev–Trinajstić information content (AvgIpc) is 2.75. The molecule has 16 heavy (non-hydrogen) atoms. The summed E-state index contributed by atoms with van der Waals surface area (Å²) in [5.41, 5.74) is 0.703. The minimum Gasteiger partial charge on any atom is -0.493 e. The zero-order chi connectivity index (χ0) is 11.1. The van der Waals surface area contributed by atoms with E-state index in [0.29, 0.717) is 16.9 Å². The normalized spacial score (nSPS) is 11.1. The Morgan fingerprint density at radius 1 is 1.19 bits per heavy atom. The Hall–Kier alpha value is -2.23. The van der Waals surface area contributed by atoms with Crippen molar-refractivity contribution in [2.24, 2.45) is 0 Å². The fraction of sp³-hybridized carbons (Fsp3) is 0.0833. The van der Waals surface area contributed by atoms with Crippen LogP contribution in [0.1, 0.15) is 0 Å². The topological polar surface area (TPSA) is 52.6 Å². The Labute approximate surface area is 90.0 Å². The Morgan fingerprint density at radius 3 is 2.88 bits per heavy atom. The molecule has 0 aliphatic carbocycles. The molecule has 0 fully saturated rings. The highest BCUT2D eigenvalue weighted by atomic mass is 16.5. The molecule has 0 aliphatic heterocycles. The summed E-state index contributed by atoms with van der Waals surface area (Å²) in [5, 5.41) is 1.65. The largest absolute Gasteiger partial charge is 0.493 e. The Bertz CT molecular complexity index is 721. The lowest BCUT2D eigenvalue weighted by Gasteiger charge is -2.03. The van der Waals surface area contributed by atoms with Crippen LogP contribution in [-0.2, 0) is 0 Å². The van der Waals surface area contributed by atoms with Gasteiger partial charge in [-0.15, -0.1) is 0 Å². The van der Waals surface area contributed by atoms with Crippen molar-refractivity contribution in [2.45, 2.75) is 0 Å². The van der Waals surface area contributed by atoms with Crippen LogP contribution in [0, 0.1) is 0 Å². The number of fused-ring (bicyclic) bond motifs is 3. The molecule has 0 bridgehead atoms. The van der Waals surface area contributed by atoms with Gasteiger partial charge < -0.3 is 13.6 Å². The van der Waals surface area contributed by atoms with Gasteiger partial charge >= 0.3 is 5.63 Å². The monoisotopic (exact) mass is 216 g/mol. The molecule has 0 amide bonds. The Balaban J connectivity index is 2.60. The van der Waals surface area contributed by atoms with E-state index in [4.69, 9.17) is 13.6 Å². The number of hydrogen-bond donors (Lipinski definition) is 0. The van der Waals surface area contributed by atoms with Crippen molar-refractivity contribution in [1.82, 2.24) is 0 Å². The highest BCUT2D eigenvalue weighted by molar-refractivity contribution is 6.04. The summed E-state index contributed by atoms with van der Waals surface area (Å²) in [6.07, 6.45) is 1.59. The number of furan rings is 1. The lowest BCUT2D eigenvalue weighted by Crippen LogP contribution is -1.96. The molecule has 4 heteroatoms. The molecule has 2 heterocycles. The predicted octanol–water partition coefficient (Wildman–Crippen LogP) is 2.55. The maximum absolute atomic E-state index is 11.2. The summed E-state index contributed by atoms with van der Waals surface area (Å²) < 4.78 is 15.7. The SMILES string of the molecule is COc1cc2ccoc2c2ccc(=O)oc12. The molecule has 0 saturated heterocycles. The summed E-state index contributed by atoms with van der Waals surface area (Å²) in [4.78, 5) is 11.2. The number of rotatable bonds is 1. The third-order valence-corrected chi connectivity index (χ3v) is 2.50. The van der Waals surface area contributed by atoms with Crippen LogP contribution in [0.15, 0.2) is 44.2 Å². The van der Waals surface area contributed by atoms with Crippen LogP contribution >= 0.6 is 0 Å². The third-order valence-electron chi connectivity index (χ3n) is 2.50. The smallest absolute Gasteiger partial charge is 0.336 e. The second kappa shape index (κ2) is 3.13. The van der Waals surface area contributed by atoms with Gasteiger partial charge in [-0.25, -0.2) is 4.79 Å². The molecule has 4 nitrogen and oxygen atoms in total. The van der Waals surface area contributed by atoms with Crippen molar-refractivity contribution in [3.63, 3.8) is 0 Å². The molecular formula is C12H8O4. The molecule has 1 aromatic carbocycles. The van der Waals surface area contributed by atoms with E-state index >= 15 is 0 Å². The first-order chi connectivity index (χ1) is 7.79. The summed E-state index contributed by atoms with van der Waals surface area (Å²) >= 11 is 0. The second-order valence-corrected chi connectivity index (χ2v) is 3.42. The quantitative estimate of drug-likeness (QED) is 0.586. The van der Waals surface area contributed by atoms with Crippen LogP contribution in [0.25, 0.3) is 21.9 Å². The van der Waals surface area contributed by atoms with Crippen LogP contribution in [-0.4, -0.2) is 7.11 Å². The first-order valence-corrected chi connectivity index (χ1v) is 4.77. The van der Waals surface area contributed by atoms with E-state index in [0.717, 1.165) is 10.8 Å². The van der Waals surface area contributed by atoms with Gasteiger partial charge in [0.05, 0.1) is 18.8 Å². The Kier molecular flexibility index (Phi) is 1.77. The van der Waals surface area contributed by atoms with Crippen molar-refractivity contribution < 1.29 is 13.6 Å². The van der Waals surface area contributed by atoms with E-state index in [1.54, 1.807) is 18.4 Å². The van der Waals surface area contributed by atoms with Crippen LogP contribution < -0.4 is 10.4 Å². The average molecular weight is 216 g/mol. The van der Waals surface area contributed by atoms with Crippen LogP contribution in [0.3, 0.4) is 0 Å². The minimum absolute atomic E-state index is 0.406. The fourth-order valence-corrected chi connectivity index (χ4v) is 1.79. The van der Waals surface area contributed by atoms with E-state index in [-0.39, 0.29) is 0 Å². The van der Waals surface area contributed by atoms with Gasteiger partial charge in [0.15, 0.2) is 11.3 Å². The number of benzene rings is 1. The molecule has 3 rings (SSSR count). The Morgan fingerprint density at radius 2 is 2.06 bits per heavy atom. The van der Waals surface area contributed by atoms with Crippen molar-refractivity contribution in [2.75, 3.05) is 7.11 Å². The first kappa shape index (κ1) is 9.03. The molecule has 0 N–H and O–H groups in total. The molecule has 0 aliphatic rings. The zero-order valence-corrected chi connectivity index (χ0v) is 8.52. The van der Waals surface area contributed by atoms with E-state index in [2.05, 4.69) is 0 Å². The molecule has 0 atom stereocenters. The highest BCUT2D eigenvalue weighted by Gasteiger charge is 2.11. The minimum atomic E-state index is -0.406. The lowest BCUT2D eigenvalue weighted by atomic mass is 10.1.